The number of hydrogen-bond acceptors (Lipinski definition) is 5. The molecule has 1 N–H and O–H groups in total. The molecule has 3 rings (SSSR count). The largest absolute Gasteiger partial charge is 0.458 e. The van der Waals surface area contributed by atoms with Gasteiger partial charge >= 0.3 is 0 Å². The molecule has 0 aliphatic rings. The van der Waals surface area contributed by atoms with Gasteiger partial charge in [-0.1, -0.05) is 6.92 Å². The van der Waals surface area contributed by atoms with E-state index in [4.69, 9.17) is 4.42 Å². The molecule has 3 heterocycles. The van der Waals surface area contributed by atoms with Gasteiger partial charge in [0.1, 0.15) is 11.6 Å². The maximum atomic E-state index is 5.74. The summed E-state index contributed by atoms with van der Waals surface area (Å²) in [6, 6.07) is 5.75. The maximum Gasteiger partial charge on any atom is 0.198 e. The van der Waals surface area contributed by atoms with Crippen LogP contribution in [0.4, 0.5) is 5.82 Å². The highest BCUT2D eigenvalue weighted by atomic mass is 16.3. The molecule has 3 aromatic rings. The van der Waals surface area contributed by atoms with Crippen LogP contribution in [0.15, 0.2) is 35.0 Å². The highest BCUT2D eigenvalue weighted by Crippen LogP contribution is 2.25. The molecule has 0 amide bonds. The van der Waals surface area contributed by atoms with Crippen molar-refractivity contribution in [3.05, 3.63) is 36.4 Å². The Kier molecular flexibility index (Phi) is 3.43. The first-order valence-corrected chi connectivity index (χ1v) is 6.84. The predicted molar refractivity (Wildman–Crippen MR) is 80.9 cm³/mol. The number of nitrogens with one attached hydrogen (secondary N) is 1. The second-order valence-electron chi connectivity index (χ2n) is 4.73. The highest BCUT2D eigenvalue weighted by Gasteiger charge is 2.12. The molecule has 0 saturated heterocycles. The molecule has 21 heavy (non-hydrogen) atoms. The maximum absolute atomic E-state index is 5.74. The number of hydrogen-bond donors (Lipinski definition) is 1. The van der Waals surface area contributed by atoms with Gasteiger partial charge in [0.2, 0.25) is 0 Å². The second kappa shape index (κ2) is 5.40. The molecule has 0 atom stereocenters. The van der Waals surface area contributed by atoms with Crippen molar-refractivity contribution in [2.75, 3.05) is 12.4 Å². The van der Waals surface area contributed by atoms with Gasteiger partial charge in [-0.05, 0) is 12.1 Å². The van der Waals surface area contributed by atoms with E-state index in [9.17, 15) is 0 Å². The van der Waals surface area contributed by atoms with E-state index in [1.54, 1.807) is 10.9 Å². The van der Waals surface area contributed by atoms with Gasteiger partial charge in [-0.3, -0.25) is 4.68 Å². The van der Waals surface area contributed by atoms with Crippen molar-refractivity contribution >= 4 is 5.82 Å². The highest BCUT2D eigenvalue weighted by molar-refractivity contribution is 5.64. The molecule has 0 bridgehead atoms. The summed E-state index contributed by atoms with van der Waals surface area (Å²) in [4.78, 5) is 9.04. The molecule has 0 unspecified atom stereocenters. The normalized spacial score (nSPS) is 10.8. The van der Waals surface area contributed by atoms with E-state index in [1.807, 2.05) is 38.5 Å². The van der Waals surface area contributed by atoms with E-state index in [-0.39, 0.29) is 0 Å². The lowest BCUT2D eigenvalue weighted by Gasteiger charge is -2.05. The molecule has 6 nitrogen and oxygen atoms in total. The van der Waals surface area contributed by atoms with Crippen LogP contribution in [0, 0.1) is 0 Å². The minimum Gasteiger partial charge on any atom is -0.458 e. The lowest BCUT2D eigenvalue weighted by Crippen LogP contribution is -1.98. The van der Waals surface area contributed by atoms with Crippen LogP contribution in [0.2, 0.25) is 0 Å². The Hall–Kier alpha value is -2.63. The van der Waals surface area contributed by atoms with Crippen LogP contribution in [0.3, 0.4) is 0 Å². The zero-order chi connectivity index (χ0) is 14.8. The van der Waals surface area contributed by atoms with Gasteiger partial charge in [-0.15, -0.1) is 0 Å². The van der Waals surface area contributed by atoms with Gasteiger partial charge in [0.15, 0.2) is 11.6 Å². The van der Waals surface area contributed by atoms with Crippen LogP contribution in [-0.2, 0) is 13.5 Å². The fourth-order valence-corrected chi connectivity index (χ4v) is 2.07. The van der Waals surface area contributed by atoms with E-state index in [0.717, 1.165) is 29.3 Å². The number of nitrogens with zero attached hydrogens (tertiary/aromatic N) is 4. The van der Waals surface area contributed by atoms with Gasteiger partial charge in [0.25, 0.3) is 0 Å². The zero-order valence-electron chi connectivity index (χ0n) is 12.3. The van der Waals surface area contributed by atoms with Crippen molar-refractivity contribution in [1.29, 1.82) is 0 Å². The van der Waals surface area contributed by atoms with Crippen molar-refractivity contribution in [1.82, 2.24) is 19.7 Å². The molecule has 0 saturated carbocycles. The summed E-state index contributed by atoms with van der Waals surface area (Å²) in [6.45, 7) is 2.05. The van der Waals surface area contributed by atoms with Gasteiger partial charge in [0.05, 0.1) is 11.9 Å². The Balaban J connectivity index is 2.08. The van der Waals surface area contributed by atoms with Crippen molar-refractivity contribution in [2.24, 2.45) is 7.05 Å². The first-order chi connectivity index (χ1) is 10.2. The standard InChI is InChI=1S/C15H17N5O/c1-4-11-5-6-13(21-11)15-18-12(7-14(16-2)19-15)10-8-17-20(3)9-10/h5-9H,4H2,1-3H3,(H,16,18,19). The summed E-state index contributed by atoms with van der Waals surface area (Å²) in [7, 11) is 3.71. The minimum atomic E-state index is 0.570. The molecule has 6 heteroatoms. The third-order valence-electron chi connectivity index (χ3n) is 3.21. The number of aromatic nitrogens is 4. The Labute approximate surface area is 122 Å². The molecule has 0 radical (unpaired) electrons. The number of anilines is 1. The molecule has 0 aliphatic carbocycles. The van der Waals surface area contributed by atoms with Crippen LogP contribution in [0.25, 0.3) is 22.8 Å². The van der Waals surface area contributed by atoms with Crippen LogP contribution < -0.4 is 5.32 Å². The Bertz CT molecular complexity index is 759. The molecular formula is C15H17N5O. The predicted octanol–water partition coefficient (Wildman–Crippen LogP) is 2.74. The molecular weight excluding hydrogens is 266 g/mol. The molecule has 0 spiro atoms. The molecule has 0 aromatic carbocycles. The monoisotopic (exact) mass is 283 g/mol. The fourth-order valence-electron chi connectivity index (χ4n) is 2.07. The van der Waals surface area contributed by atoms with Crippen molar-refractivity contribution in [3.8, 4) is 22.8 Å². The lowest BCUT2D eigenvalue weighted by atomic mass is 10.2. The molecule has 0 aliphatic heterocycles. The zero-order valence-corrected chi connectivity index (χ0v) is 12.3. The summed E-state index contributed by atoms with van der Waals surface area (Å²) in [6.07, 6.45) is 4.55. The SMILES string of the molecule is CCc1ccc(-c2nc(NC)cc(-c3cnn(C)c3)n2)o1. The van der Waals surface area contributed by atoms with Gasteiger partial charge in [-0.25, -0.2) is 9.97 Å². The average molecular weight is 283 g/mol. The van der Waals surface area contributed by atoms with Gasteiger partial charge < -0.3 is 9.73 Å². The van der Waals surface area contributed by atoms with Crippen LogP contribution >= 0.6 is 0 Å². The number of furan rings is 1. The number of rotatable bonds is 4. The quantitative estimate of drug-likeness (QED) is 0.797. The second-order valence-corrected chi connectivity index (χ2v) is 4.73. The van der Waals surface area contributed by atoms with Crippen molar-refractivity contribution in [2.45, 2.75) is 13.3 Å². The van der Waals surface area contributed by atoms with Crippen LogP contribution in [-0.4, -0.2) is 26.8 Å². The van der Waals surface area contributed by atoms with Crippen LogP contribution in [0.1, 0.15) is 12.7 Å². The topological polar surface area (TPSA) is 68.8 Å². The third-order valence-corrected chi connectivity index (χ3v) is 3.21. The molecule has 108 valence electrons. The Morgan fingerprint density at radius 1 is 1.29 bits per heavy atom. The minimum absolute atomic E-state index is 0.570. The van der Waals surface area contributed by atoms with Crippen LogP contribution in [0.5, 0.6) is 0 Å². The molecule has 0 fully saturated rings. The fraction of sp³-hybridized carbons (Fsp3) is 0.267. The van der Waals surface area contributed by atoms with E-state index >= 15 is 0 Å². The first kappa shape index (κ1) is 13.4. The van der Waals surface area contributed by atoms with Gasteiger partial charge in [-0.2, -0.15) is 5.10 Å². The lowest BCUT2D eigenvalue weighted by molar-refractivity contribution is 0.525. The summed E-state index contributed by atoms with van der Waals surface area (Å²) in [5.41, 5.74) is 1.76. The summed E-state index contributed by atoms with van der Waals surface area (Å²) >= 11 is 0. The average Bonchev–Trinajstić information content (AvgIpc) is 3.15. The summed E-state index contributed by atoms with van der Waals surface area (Å²) in [5, 5.41) is 7.24. The van der Waals surface area contributed by atoms with Gasteiger partial charge in [0, 0.05) is 38.3 Å². The Morgan fingerprint density at radius 3 is 2.76 bits per heavy atom. The summed E-state index contributed by atoms with van der Waals surface area (Å²) in [5.74, 6) is 2.91. The van der Waals surface area contributed by atoms with Crippen molar-refractivity contribution < 1.29 is 4.42 Å². The van der Waals surface area contributed by atoms with E-state index in [0.29, 0.717) is 11.6 Å². The van der Waals surface area contributed by atoms with E-state index in [2.05, 4.69) is 27.3 Å². The van der Waals surface area contributed by atoms with E-state index in [1.165, 1.54) is 0 Å². The number of aryl methyl sites for hydroxylation is 2. The first-order valence-electron chi connectivity index (χ1n) is 6.84. The third kappa shape index (κ3) is 2.65. The molecule has 3 aromatic heterocycles. The van der Waals surface area contributed by atoms with E-state index < -0.39 is 0 Å². The summed E-state index contributed by atoms with van der Waals surface area (Å²) < 4.78 is 7.49. The van der Waals surface area contributed by atoms with Crippen molar-refractivity contribution in [3.63, 3.8) is 0 Å². The Morgan fingerprint density at radius 2 is 2.14 bits per heavy atom. The smallest absolute Gasteiger partial charge is 0.198 e.